The Bertz CT molecular complexity index is 386. The third kappa shape index (κ3) is 5.07. The van der Waals surface area contributed by atoms with Crippen LogP contribution in [0, 0.1) is 0 Å². The second kappa shape index (κ2) is 7.57. The van der Waals surface area contributed by atoms with Gasteiger partial charge in [0.15, 0.2) is 0 Å². The Balaban J connectivity index is 1.70. The lowest BCUT2D eigenvalue weighted by Crippen LogP contribution is -2.35. The number of hydrogen-bond acceptors (Lipinski definition) is 5. The summed E-state index contributed by atoms with van der Waals surface area (Å²) in [6.45, 7) is 6.76. The van der Waals surface area contributed by atoms with Crippen molar-refractivity contribution >= 4 is 0 Å². The third-order valence-corrected chi connectivity index (χ3v) is 3.26. The number of aliphatic hydroxyl groups is 1. The highest BCUT2D eigenvalue weighted by atomic mass is 16.5. The van der Waals surface area contributed by atoms with Gasteiger partial charge in [0, 0.05) is 25.8 Å². The van der Waals surface area contributed by atoms with E-state index in [-0.39, 0.29) is 12.2 Å². The first-order chi connectivity index (χ1) is 9.63. The number of ether oxygens (including phenoxy) is 2. The van der Waals surface area contributed by atoms with Gasteiger partial charge in [-0.25, -0.2) is 0 Å². The molecule has 2 rings (SSSR count). The lowest BCUT2D eigenvalue weighted by atomic mass is 10.3. The molecule has 5 heteroatoms. The van der Waals surface area contributed by atoms with Crippen LogP contribution in [0.1, 0.15) is 20.3 Å². The lowest BCUT2D eigenvalue weighted by molar-refractivity contribution is -0.00672. The largest absolute Gasteiger partial charge is 0.487 e. The van der Waals surface area contributed by atoms with Gasteiger partial charge >= 0.3 is 0 Å². The molecule has 1 saturated heterocycles. The number of rotatable bonds is 7. The molecule has 1 aromatic rings. The number of pyridine rings is 1. The van der Waals surface area contributed by atoms with Gasteiger partial charge in [0.25, 0.3) is 0 Å². The summed E-state index contributed by atoms with van der Waals surface area (Å²) in [6.07, 6.45) is 4.34. The molecular formula is C15H24N2O3. The maximum Gasteiger partial charge on any atom is 0.138 e. The van der Waals surface area contributed by atoms with E-state index in [1.54, 1.807) is 12.4 Å². The number of aliphatic hydroxyl groups excluding tert-OH is 1. The van der Waals surface area contributed by atoms with E-state index in [0.29, 0.717) is 13.2 Å². The Labute approximate surface area is 120 Å². The molecule has 0 amide bonds. The first-order valence-corrected chi connectivity index (χ1v) is 7.22. The van der Waals surface area contributed by atoms with E-state index in [1.165, 1.54) is 0 Å². The van der Waals surface area contributed by atoms with Gasteiger partial charge in [-0.2, -0.15) is 0 Å². The number of nitrogens with zero attached hydrogens (tertiary/aromatic N) is 2. The highest BCUT2D eigenvalue weighted by Crippen LogP contribution is 2.17. The SMILES string of the molecule is CC(C)OCC(O)CN1CCC(Oc2cccnc2)C1. The predicted octanol–water partition coefficient (Wildman–Crippen LogP) is 1.32. The van der Waals surface area contributed by atoms with Crippen LogP contribution in [0.4, 0.5) is 0 Å². The van der Waals surface area contributed by atoms with E-state index in [1.807, 2.05) is 26.0 Å². The average molecular weight is 280 g/mol. The van der Waals surface area contributed by atoms with Crippen molar-refractivity contribution in [3.63, 3.8) is 0 Å². The zero-order chi connectivity index (χ0) is 14.4. The molecule has 0 radical (unpaired) electrons. The zero-order valence-corrected chi connectivity index (χ0v) is 12.2. The molecule has 1 fully saturated rings. The second-order valence-corrected chi connectivity index (χ2v) is 5.51. The van der Waals surface area contributed by atoms with Crippen LogP contribution in [0.15, 0.2) is 24.5 Å². The fourth-order valence-electron chi connectivity index (χ4n) is 2.32. The van der Waals surface area contributed by atoms with Crippen LogP contribution < -0.4 is 4.74 Å². The highest BCUT2D eigenvalue weighted by Gasteiger charge is 2.25. The highest BCUT2D eigenvalue weighted by molar-refractivity contribution is 5.16. The minimum atomic E-state index is -0.436. The first kappa shape index (κ1) is 15.2. The Morgan fingerprint density at radius 1 is 1.50 bits per heavy atom. The second-order valence-electron chi connectivity index (χ2n) is 5.51. The first-order valence-electron chi connectivity index (χ1n) is 7.22. The molecule has 20 heavy (non-hydrogen) atoms. The molecule has 0 aromatic carbocycles. The van der Waals surface area contributed by atoms with E-state index in [4.69, 9.17) is 9.47 Å². The average Bonchev–Trinajstić information content (AvgIpc) is 2.85. The summed E-state index contributed by atoms with van der Waals surface area (Å²) in [6, 6.07) is 3.79. The fraction of sp³-hybridized carbons (Fsp3) is 0.667. The molecule has 0 spiro atoms. The van der Waals surface area contributed by atoms with Gasteiger partial charge in [0.05, 0.1) is 25.0 Å². The van der Waals surface area contributed by atoms with Gasteiger partial charge in [-0.3, -0.25) is 9.88 Å². The van der Waals surface area contributed by atoms with Gasteiger partial charge in [-0.15, -0.1) is 0 Å². The van der Waals surface area contributed by atoms with Crippen molar-refractivity contribution in [3.8, 4) is 5.75 Å². The molecule has 2 unspecified atom stereocenters. The van der Waals surface area contributed by atoms with E-state index in [0.717, 1.165) is 25.3 Å². The Morgan fingerprint density at radius 3 is 3.05 bits per heavy atom. The molecule has 112 valence electrons. The maximum absolute atomic E-state index is 9.92. The topological polar surface area (TPSA) is 54.8 Å². The molecule has 0 bridgehead atoms. The van der Waals surface area contributed by atoms with Crippen molar-refractivity contribution in [1.82, 2.24) is 9.88 Å². The summed E-state index contributed by atoms with van der Waals surface area (Å²) >= 11 is 0. The normalized spacial score (nSPS) is 21.3. The minimum Gasteiger partial charge on any atom is -0.487 e. The lowest BCUT2D eigenvalue weighted by Gasteiger charge is -2.21. The van der Waals surface area contributed by atoms with Crippen LogP contribution >= 0.6 is 0 Å². The van der Waals surface area contributed by atoms with Gasteiger partial charge in [-0.05, 0) is 32.4 Å². The molecule has 1 aliphatic rings. The molecule has 1 aromatic heterocycles. The summed E-state index contributed by atoms with van der Waals surface area (Å²) in [5.74, 6) is 0.808. The van der Waals surface area contributed by atoms with Crippen molar-refractivity contribution in [2.45, 2.75) is 38.6 Å². The Morgan fingerprint density at radius 2 is 2.35 bits per heavy atom. The Hall–Kier alpha value is -1.17. The molecule has 1 aliphatic heterocycles. The summed E-state index contributed by atoms with van der Waals surface area (Å²) in [4.78, 5) is 6.26. The molecule has 0 saturated carbocycles. The summed E-state index contributed by atoms with van der Waals surface area (Å²) in [5.41, 5.74) is 0. The van der Waals surface area contributed by atoms with Crippen LogP contribution in [0.5, 0.6) is 5.75 Å². The summed E-state index contributed by atoms with van der Waals surface area (Å²) < 4.78 is 11.3. The fourth-order valence-corrected chi connectivity index (χ4v) is 2.32. The van der Waals surface area contributed by atoms with Crippen LogP contribution in [0.3, 0.4) is 0 Å². The van der Waals surface area contributed by atoms with Gasteiger partial charge in [-0.1, -0.05) is 0 Å². The number of likely N-dealkylation sites (tertiary alicyclic amines) is 1. The van der Waals surface area contributed by atoms with Crippen LogP contribution in [0.2, 0.25) is 0 Å². The van der Waals surface area contributed by atoms with Crippen LogP contribution in [-0.2, 0) is 4.74 Å². The molecule has 5 nitrogen and oxygen atoms in total. The number of hydrogen-bond donors (Lipinski definition) is 1. The van der Waals surface area contributed by atoms with Crippen LogP contribution in [-0.4, -0.2) is 59.5 Å². The quantitative estimate of drug-likeness (QED) is 0.816. The van der Waals surface area contributed by atoms with E-state index in [9.17, 15) is 5.11 Å². The molecule has 2 atom stereocenters. The van der Waals surface area contributed by atoms with Crippen molar-refractivity contribution in [2.75, 3.05) is 26.2 Å². The van der Waals surface area contributed by atoms with Crippen LogP contribution in [0.25, 0.3) is 0 Å². The number of aromatic nitrogens is 1. The smallest absolute Gasteiger partial charge is 0.138 e. The van der Waals surface area contributed by atoms with Gasteiger partial charge in [0.1, 0.15) is 11.9 Å². The van der Waals surface area contributed by atoms with Gasteiger partial charge in [0.2, 0.25) is 0 Å². The molecule has 1 N–H and O–H groups in total. The van der Waals surface area contributed by atoms with Crippen molar-refractivity contribution in [1.29, 1.82) is 0 Å². The van der Waals surface area contributed by atoms with E-state index < -0.39 is 6.10 Å². The molecule has 0 aliphatic carbocycles. The van der Waals surface area contributed by atoms with Gasteiger partial charge < -0.3 is 14.6 Å². The molecule has 2 heterocycles. The minimum absolute atomic E-state index is 0.157. The Kier molecular flexibility index (Phi) is 5.76. The van der Waals surface area contributed by atoms with E-state index in [2.05, 4.69) is 9.88 Å². The van der Waals surface area contributed by atoms with Crippen molar-refractivity contribution in [2.24, 2.45) is 0 Å². The van der Waals surface area contributed by atoms with E-state index >= 15 is 0 Å². The predicted molar refractivity (Wildman–Crippen MR) is 76.8 cm³/mol. The maximum atomic E-state index is 9.92. The standard InChI is InChI=1S/C15H24N2O3/c1-12(2)19-11-13(18)9-17-7-5-15(10-17)20-14-4-3-6-16-8-14/h3-4,6,8,12-13,15,18H,5,7,9-11H2,1-2H3. The van der Waals surface area contributed by atoms with Crippen molar-refractivity contribution in [3.05, 3.63) is 24.5 Å². The third-order valence-electron chi connectivity index (χ3n) is 3.26. The monoisotopic (exact) mass is 280 g/mol. The number of β-amino-alcohol motifs (C(OH)–C–C–N with tert-alkyl or cyclic N) is 1. The molecular weight excluding hydrogens is 256 g/mol. The summed E-state index contributed by atoms with van der Waals surface area (Å²) in [5, 5.41) is 9.92. The summed E-state index contributed by atoms with van der Waals surface area (Å²) in [7, 11) is 0. The van der Waals surface area contributed by atoms with Crippen molar-refractivity contribution < 1.29 is 14.6 Å². The zero-order valence-electron chi connectivity index (χ0n) is 12.2.